The second kappa shape index (κ2) is 7.31. The predicted octanol–water partition coefficient (Wildman–Crippen LogP) is 4.15. The molecule has 1 aromatic rings. The summed E-state index contributed by atoms with van der Waals surface area (Å²) in [5.74, 6) is 0.763. The van der Waals surface area contributed by atoms with E-state index in [0.717, 1.165) is 36.1 Å². The number of aryl methyl sites for hydroxylation is 1. The van der Waals surface area contributed by atoms with E-state index in [2.05, 4.69) is 6.07 Å². The molecule has 1 atom stereocenters. The van der Waals surface area contributed by atoms with Gasteiger partial charge in [-0.1, -0.05) is 12.1 Å². The molecule has 0 fully saturated rings. The number of aliphatic hydroxyl groups excluding tert-OH is 1. The molecule has 0 aliphatic rings. The van der Waals surface area contributed by atoms with Gasteiger partial charge < -0.3 is 9.84 Å². The van der Waals surface area contributed by atoms with E-state index in [1.165, 1.54) is 0 Å². The maximum atomic E-state index is 9.72. The Kier molecular flexibility index (Phi) is 6.04. The zero-order valence-corrected chi connectivity index (χ0v) is 12.9. The largest absolute Gasteiger partial charge is 0.493 e. The van der Waals surface area contributed by atoms with Gasteiger partial charge in [-0.15, -0.1) is 0 Å². The summed E-state index contributed by atoms with van der Waals surface area (Å²) < 4.78 is 5.78. The number of benzene rings is 1. The fourth-order valence-corrected chi connectivity index (χ4v) is 2.02. The summed E-state index contributed by atoms with van der Waals surface area (Å²) in [6, 6.07) is 8.15. The fraction of sp³-hybridized carbons (Fsp3) is 0.588. The number of nitrogens with zero attached hydrogens (tertiary/aromatic N) is 1. The average Bonchev–Trinajstić information content (AvgIpc) is 2.38. The Labute approximate surface area is 122 Å². The van der Waals surface area contributed by atoms with Crippen LogP contribution in [0.5, 0.6) is 5.75 Å². The third kappa shape index (κ3) is 5.22. The Balaban J connectivity index is 2.46. The summed E-state index contributed by atoms with van der Waals surface area (Å²) in [6.07, 6.45) is 2.24. The Morgan fingerprint density at radius 3 is 2.65 bits per heavy atom. The minimum Gasteiger partial charge on any atom is -0.493 e. The topological polar surface area (TPSA) is 53.2 Å². The van der Waals surface area contributed by atoms with Crippen molar-refractivity contribution < 1.29 is 9.84 Å². The highest BCUT2D eigenvalue weighted by Crippen LogP contribution is 2.27. The van der Waals surface area contributed by atoms with Crippen LogP contribution in [-0.4, -0.2) is 11.7 Å². The van der Waals surface area contributed by atoms with Crippen molar-refractivity contribution in [2.24, 2.45) is 5.41 Å². The lowest BCUT2D eigenvalue weighted by atomic mass is 9.89. The lowest BCUT2D eigenvalue weighted by Gasteiger charge is -2.16. The van der Waals surface area contributed by atoms with Gasteiger partial charge in [-0.05, 0) is 58.6 Å². The van der Waals surface area contributed by atoms with Gasteiger partial charge in [0, 0.05) is 5.56 Å². The van der Waals surface area contributed by atoms with Crippen LogP contribution < -0.4 is 4.74 Å². The summed E-state index contributed by atoms with van der Waals surface area (Å²) in [5, 5.41) is 18.7. The first-order valence-corrected chi connectivity index (χ1v) is 7.18. The molecule has 110 valence electrons. The molecule has 3 heteroatoms. The number of hydrogen-bond donors (Lipinski definition) is 1. The third-order valence-corrected chi connectivity index (χ3v) is 3.38. The van der Waals surface area contributed by atoms with E-state index in [9.17, 15) is 5.11 Å². The standard InChI is InChI=1S/C17H25NO2/c1-13-7-8-15(14(2)19)16(11-13)20-10-6-5-9-17(3,4)12-18/h7-8,11,14,19H,5-6,9-10H2,1-4H3/t14-/m1/s1. The van der Waals surface area contributed by atoms with Crippen molar-refractivity contribution in [1.82, 2.24) is 0 Å². The molecular formula is C17H25NO2. The highest BCUT2D eigenvalue weighted by Gasteiger charge is 2.15. The smallest absolute Gasteiger partial charge is 0.125 e. The Hall–Kier alpha value is -1.53. The molecule has 0 unspecified atom stereocenters. The molecule has 0 bridgehead atoms. The Morgan fingerprint density at radius 1 is 1.35 bits per heavy atom. The maximum absolute atomic E-state index is 9.72. The van der Waals surface area contributed by atoms with Gasteiger partial charge in [0.1, 0.15) is 5.75 Å². The van der Waals surface area contributed by atoms with Gasteiger partial charge in [0.15, 0.2) is 0 Å². The Morgan fingerprint density at radius 2 is 2.05 bits per heavy atom. The van der Waals surface area contributed by atoms with E-state index >= 15 is 0 Å². The van der Waals surface area contributed by atoms with E-state index in [-0.39, 0.29) is 5.41 Å². The SMILES string of the molecule is Cc1ccc([C@@H](C)O)c(OCCCCC(C)(C)C#N)c1. The van der Waals surface area contributed by atoms with Crippen molar-refractivity contribution in [1.29, 1.82) is 5.26 Å². The molecule has 0 aliphatic heterocycles. The molecule has 0 saturated carbocycles. The van der Waals surface area contributed by atoms with Gasteiger partial charge in [0.2, 0.25) is 0 Å². The highest BCUT2D eigenvalue weighted by atomic mass is 16.5. The molecule has 0 amide bonds. The molecule has 3 nitrogen and oxygen atoms in total. The van der Waals surface area contributed by atoms with Crippen LogP contribution in [0.15, 0.2) is 18.2 Å². The molecular weight excluding hydrogens is 250 g/mol. The van der Waals surface area contributed by atoms with Crippen molar-refractivity contribution in [2.75, 3.05) is 6.61 Å². The van der Waals surface area contributed by atoms with Crippen molar-refractivity contribution in [3.8, 4) is 11.8 Å². The van der Waals surface area contributed by atoms with Gasteiger partial charge >= 0.3 is 0 Å². The third-order valence-electron chi connectivity index (χ3n) is 3.38. The summed E-state index contributed by atoms with van der Waals surface area (Å²) in [6.45, 7) is 8.28. The van der Waals surface area contributed by atoms with Crippen LogP contribution in [0.4, 0.5) is 0 Å². The lowest BCUT2D eigenvalue weighted by Crippen LogP contribution is -2.09. The summed E-state index contributed by atoms with van der Waals surface area (Å²) >= 11 is 0. The van der Waals surface area contributed by atoms with E-state index in [1.54, 1.807) is 6.92 Å². The van der Waals surface area contributed by atoms with Gasteiger partial charge in [0.05, 0.1) is 24.2 Å². The molecule has 1 rings (SSSR count). The first kappa shape index (κ1) is 16.5. The second-order valence-electron chi connectivity index (χ2n) is 6.02. The van der Waals surface area contributed by atoms with Crippen LogP contribution in [0.3, 0.4) is 0 Å². The van der Waals surface area contributed by atoms with E-state index < -0.39 is 6.10 Å². The first-order chi connectivity index (χ1) is 9.35. The number of rotatable bonds is 7. The first-order valence-electron chi connectivity index (χ1n) is 7.18. The molecule has 0 spiro atoms. The van der Waals surface area contributed by atoms with Gasteiger partial charge in [-0.2, -0.15) is 5.26 Å². The van der Waals surface area contributed by atoms with Crippen LogP contribution in [-0.2, 0) is 0 Å². The van der Waals surface area contributed by atoms with Crippen molar-refractivity contribution in [3.05, 3.63) is 29.3 Å². The molecule has 20 heavy (non-hydrogen) atoms. The average molecular weight is 275 g/mol. The number of unbranched alkanes of at least 4 members (excludes halogenated alkanes) is 1. The number of ether oxygens (including phenoxy) is 1. The minimum absolute atomic E-state index is 0.256. The molecule has 0 aromatic heterocycles. The molecule has 1 aromatic carbocycles. The van der Waals surface area contributed by atoms with Crippen molar-refractivity contribution in [3.63, 3.8) is 0 Å². The molecule has 1 N–H and O–H groups in total. The minimum atomic E-state index is -0.525. The lowest BCUT2D eigenvalue weighted by molar-refractivity contribution is 0.190. The molecule has 0 radical (unpaired) electrons. The number of hydrogen-bond acceptors (Lipinski definition) is 3. The fourth-order valence-electron chi connectivity index (χ4n) is 2.02. The summed E-state index contributed by atoms with van der Waals surface area (Å²) in [7, 11) is 0. The zero-order valence-electron chi connectivity index (χ0n) is 12.9. The van der Waals surface area contributed by atoms with Crippen LogP contribution in [0.25, 0.3) is 0 Å². The molecule has 0 heterocycles. The predicted molar refractivity (Wildman–Crippen MR) is 80.6 cm³/mol. The highest BCUT2D eigenvalue weighted by molar-refractivity contribution is 5.38. The number of nitriles is 1. The summed E-state index contributed by atoms with van der Waals surface area (Å²) in [4.78, 5) is 0. The summed E-state index contributed by atoms with van der Waals surface area (Å²) in [5.41, 5.74) is 1.69. The monoisotopic (exact) mass is 275 g/mol. The second-order valence-corrected chi connectivity index (χ2v) is 6.02. The van der Waals surface area contributed by atoms with Crippen molar-refractivity contribution in [2.45, 2.75) is 53.1 Å². The normalized spacial score (nSPS) is 12.8. The van der Waals surface area contributed by atoms with Crippen LogP contribution in [0.2, 0.25) is 0 Å². The van der Waals surface area contributed by atoms with Crippen LogP contribution >= 0.6 is 0 Å². The quantitative estimate of drug-likeness (QED) is 0.761. The maximum Gasteiger partial charge on any atom is 0.125 e. The van der Waals surface area contributed by atoms with E-state index in [0.29, 0.717) is 6.61 Å². The molecule has 0 saturated heterocycles. The van der Waals surface area contributed by atoms with Crippen molar-refractivity contribution >= 4 is 0 Å². The zero-order chi connectivity index (χ0) is 15.2. The van der Waals surface area contributed by atoms with E-state index in [1.807, 2.05) is 39.0 Å². The van der Waals surface area contributed by atoms with Crippen LogP contribution in [0, 0.1) is 23.7 Å². The Bertz CT molecular complexity index is 472. The van der Waals surface area contributed by atoms with Gasteiger partial charge in [-0.25, -0.2) is 0 Å². The van der Waals surface area contributed by atoms with E-state index in [4.69, 9.17) is 10.00 Å². The number of aliphatic hydroxyl groups is 1. The van der Waals surface area contributed by atoms with Gasteiger partial charge in [0.25, 0.3) is 0 Å². The van der Waals surface area contributed by atoms with Crippen LogP contribution in [0.1, 0.15) is 57.3 Å². The molecule has 0 aliphatic carbocycles. The van der Waals surface area contributed by atoms with Gasteiger partial charge in [-0.3, -0.25) is 0 Å².